The fourth-order valence-corrected chi connectivity index (χ4v) is 7.44. The van der Waals surface area contributed by atoms with Crippen molar-refractivity contribution in [2.75, 3.05) is 59.0 Å². The van der Waals surface area contributed by atoms with Gasteiger partial charge in [0.1, 0.15) is 42.4 Å². The van der Waals surface area contributed by atoms with Gasteiger partial charge in [-0.05, 0) is 33.1 Å². The van der Waals surface area contributed by atoms with Gasteiger partial charge < -0.3 is 50.6 Å². The van der Waals surface area contributed by atoms with Crippen molar-refractivity contribution in [2.24, 2.45) is 0 Å². The highest BCUT2D eigenvalue weighted by Crippen LogP contribution is 2.51. The molecule has 0 aromatic carbocycles. The minimum absolute atomic E-state index is 0.0317. The van der Waals surface area contributed by atoms with Gasteiger partial charge in [0, 0.05) is 19.9 Å². The minimum atomic E-state index is -5.06. The van der Waals surface area contributed by atoms with E-state index in [9.17, 15) is 38.7 Å². The molecule has 284 valence electrons. The zero-order valence-electron chi connectivity index (χ0n) is 27.5. The Morgan fingerprint density at radius 2 is 1.73 bits per heavy atom. The third-order valence-corrected chi connectivity index (χ3v) is 10.0. The average Bonchev–Trinajstić information content (AvgIpc) is 3.70. The summed E-state index contributed by atoms with van der Waals surface area (Å²) in [6.45, 7) is -0.817. The van der Waals surface area contributed by atoms with Gasteiger partial charge in [-0.3, -0.25) is 32.5 Å². The Balaban J connectivity index is 1.42. The van der Waals surface area contributed by atoms with E-state index >= 15 is 0 Å². The summed E-state index contributed by atoms with van der Waals surface area (Å²) in [6.07, 6.45) is -8.49. The minimum Gasteiger partial charge on any atom is -0.387 e. The van der Waals surface area contributed by atoms with Gasteiger partial charge >= 0.3 is 21.3 Å². The van der Waals surface area contributed by atoms with E-state index in [1.54, 1.807) is 0 Å². The number of aromatic amines is 1. The molecular formula is C25H40N10O14P2. The Morgan fingerprint density at radius 1 is 1.02 bits per heavy atom. The van der Waals surface area contributed by atoms with E-state index in [0.717, 1.165) is 4.57 Å². The van der Waals surface area contributed by atoms with E-state index in [2.05, 4.69) is 25.0 Å². The first kappa shape index (κ1) is 39.0. The summed E-state index contributed by atoms with van der Waals surface area (Å²) in [5, 5.41) is 24.2. The molecule has 0 amide bonds. The number of hydrogen-bond acceptors (Lipinski definition) is 18. The number of imidazole rings is 1. The fourth-order valence-electron chi connectivity index (χ4n) is 5.52. The van der Waals surface area contributed by atoms with Gasteiger partial charge in [0.15, 0.2) is 23.6 Å². The molecule has 10 N–H and O–H groups in total. The SMILES string of the molecule is CO[C@@H]1[C@H](OP(=O)(NCCCN(C)C)OC[C@H]2O[C@H](n3ccc(N)nc3=O)[C@H](O)[C@@H]2O)[C@H](COP(=O)(O)O)O[C@H]1n1cnc2c(=O)[nH]c(N)nc21. The number of nitrogens with zero attached hydrogens (tertiary/aromatic N) is 6. The van der Waals surface area contributed by atoms with Crippen molar-refractivity contribution in [1.29, 1.82) is 0 Å². The first-order valence-electron chi connectivity index (χ1n) is 15.3. The van der Waals surface area contributed by atoms with Crippen LogP contribution in [0.5, 0.6) is 0 Å². The predicted molar refractivity (Wildman–Crippen MR) is 174 cm³/mol. The number of rotatable bonds is 16. The Kier molecular flexibility index (Phi) is 12.1. The molecule has 51 heavy (non-hydrogen) atoms. The van der Waals surface area contributed by atoms with Crippen molar-refractivity contribution < 1.29 is 56.9 Å². The number of phosphoric ester groups is 1. The molecule has 0 saturated carbocycles. The second kappa shape index (κ2) is 15.8. The number of H-pyrrole nitrogens is 1. The highest BCUT2D eigenvalue weighted by Gasteiger charge is 2.52. The molecule has 2 aliphatic heterocycles. The van der Waals surface area contributed by atoms with Crippen molar-refractivity contribution in [1.82, 2.24) is 39.1 Å². The first-order valence-corrected chi connectivity index (χ1v) is 18.4. The number of nitrogens with two attached hydrogens (primary N) is 2. The molecule has 2 saturated heterocycles. The number of aliphatic hydroxyl groups is 2. The lowest BCUT2D eigenvalue weighted by molar-refractivity contribution is -0.0578. The zero-order valence-corrected chi connectivity index (χ0v) is 29.3. The van der Waals surface area contributed by atoms with E-state index in [1.165, 1.54) is 30.3 Å². The maximum atomic E-state index is 14.5. The van der Waals surface area contributed by atoms with Gasteiger partial charge in [0.2, 0.25) is 5.95 Å². The number of fused-ring (bicyclic) bond motifs is 1. The van der Waals surface area contributed by atoms with Crippen LogP contribution in [0.4, 0.5) is 11.8 Å². The van der Waals surface area contributed by atoms with Crippen LogP contribution >= 0.6 is 15.6 Å². The van der Waals surface area contributed by atoms with Gasteiger partial charge in [0.05, 0.1) is 19.5 Å². The summed E-state index contributed by atoms with van der Waals surface area (Å²) < 4.78 is 62.3. The Bertz CT molecular complexity index is 1890. The molecule has 0 spiro atoms. The quantitative estimate of drug-likeness (QED) is 0.0540. The summed E-state index contributed by atoms with van der Waals surface area (Å²) >= 11 is 0. The lowest BCUT2D eigenvalue weighted by Crippen LogP contribution is -2.39. The van der Waals surface area contributed by atoms with Crippen LogP contribution < -0.4 is 27.8 Å². The third-order valence-electron chi connectivity index (χ3n) is 7.91. The van der Waals surface area contributed by atoms with Crippen LogP contribution in [0.15, 0.2) is 28.2 Å². The standard InChI is InChI=1S/C25H40N10O14P2/c1-33(2)7-4-6-29-50(40,45-9-12-16(36)17(37)22(47-12)34-8-5-14(26)30-25(34)39)49-18-13(10-46-51(41,42)43)48-23(19(18)44-3)35-11-28-15-20(35)31-24(27)32-21(15)38/h5,8,11-13,16-19,22-23,36-37H,4,6-7,9-10H2,1-3H3,(H,29,40)(H2,26,30,39)(H2,41,42,43)(H3,27,31,32,38)/t12-,13+,16-,17-,18-,19-,22+,23-,50?/m1/s1. The molecule has 9 atom stereocenters. The second-order valence-corrected chi connectivity index (χ2v) is 14.9. The Hall–Kier alpha value is -3.19. The molecule has 0 bridgehead atoms. The zero-order chi connectivity index (χ0) is 37.2. The summed E-state index contributed by atoms with van der Waals surface area (Å²) in [4.78, 5) is 59.7. The molecule has 5 heterocycles. The summed E-state index contributed by atoms with van der Waals surface area (Å²) in [5.74, 6) is -0.314. The number of methoxy groups -OCH3 is 1. The van der Waals surface area contributed by atoms with Crippen LogP contribution in [0.3, 0.4) is 0 Å². The highest BCUT2D eigenvalue weighted by atomic mass is 31.2. The molecule has 5 rings (SSSR count). The molecule has 26 heteroatoms. The smallest absolute Gasteiger partial charge is 0.387 e. The monoisotopic (exact) mass is 766 g/mol. The van der Waals surface area contributed by atoms with Crippen LogP contribution in [0.2, 0.25) is 0 Å². The number of anilines is 2. The van der Waals surface area contributed by atoms with E-state index in [0.29, 0.717) is 13.0 Å². The van der Waals surface area contributed by atoms with E-state index in [4.69, 9.17) is 39.2 Å². The van der Waals surface area contributed by atoms with Crippen LogP contribution in [-0.2, 0) is 36.9 Å². The van der Waals surface area contributed by atoms with Crippen molar-refractivity contribution in [3.05, 3.63) is 39.4 Å². The molecule has 0 aliphatic carbocycles. The highest BCUT2D eigenvalue weighted by molar-refractivity contribution is 7.51. The lowest BCUT2D eigenvalue weighted by atomic mass is 10.1. The maximum Gasteiger partial charge on any atom is 0.469 e. The molecule has 0 radical (unpaired) electrons. The number of hydrogen-bond donors (Lipinski definition) is 8. The van der Waals surface area contributed by atoms with Crippen molar-refractivity contribution in [3.63, 3.8) is 0 Å². The number of aromatic nitrogens is 6. The number of aliphatic hydroxyl groups excluding tert-OH is 2. The first-order chi connectivity index (χ1) is 24.0. The fraction of sp³-hybridized carbons (Fsp3) is 0.640. The topological polar surface area (TPSA) is 336 Å². The molecule has 3 aromatic rings. The normalized spacial score (nSPS) is 28.2. The number of nitrogens with one attached hydrogen (secondary N) is 2. The van der Waals surface area contributed by atoms with Crippen LogP contribution in [-0.4, -0.2) is 138 Å². The predicted octanol–water partition coefficient (Wildman–Crippen LogP) is -2.77. The van der Waals surface area contributed by atoms with Crippen molar-refractivity contribution >= 4 is 38.5 Å². The van der Waals surface area contributed by atoms with Crippen molar-refractivity contribution in [3.8, 4) is 0 Å². The number of phosphoric acid groups is 1. The number of ether oxygens (including phenoxy) is 3. The van der Waals surface area contributed by atoms with E-state index < -0.39 is 89.1 Å². The van der Waals surface area contributed by atoms with Gasteiger partial charge in [-0.15, -0.1) is 0 Å². The average molecular weight is 767 g/mol. The molecule has 24 nitrogen and oxygen atoms in total. The van der Waals surface area contributed by atoms with Crippen LogP contribution in [0, 0.1) is 0 Å². The van der Waals surface area contributed by atoms with Gasteiger partial charge in [0.25, 0.3) is 5.56 Å². The summed E-state index contributed by atoms with van der Waals surface area (Å²) in [7, 11) is -4.66. The molecule has 1 unspecified atom stereocenters. The van der Waals surface area contributed by atoms with Crippen molar-refractivity contribution in [2.45, 2.75) is 55.5 Å². The Labute approximate surface area is 288 Å². The van der Waals surface area contributed by atoms with Crippen LogP contribution in [0.1, 0.15) is 18.9 Å². The van der Waals surface area contributed by atoms with Crippen LogP contribution in [0.25, 0.3) is 11.2 Å². The summed E-state index contributed by atoms with van der Waals surface area (Å²) in [5.41, 5.74) is 9.63. The van der Waals surface area contributed by atoms with Gasteiger partial charge in [-0.25, -0.2) is 24.0 Å². The van der Waals surface area contributed by atoms with E-state index in [-0.39, 0.29) is 29.5 Å². The van der Waals surface area contributed by atoms with Gasteiger partial charge in [-0.1, -0.05) is 0 Å². The molecule has 2 aliphatic rings. The molecular weight excluding hydrogens is 726 g/mol. The maximum absolute atomic E-state index is 14.5. The summed E-state index contributed by atoms with van der Waals surface area (Å²) in [6, 6.07) is 1.29. The van der Waals surface area contributed by atoms with E-state index in [1.807, 2.05) is 19.0 Å². The third kappa shape index (κ3) is 9.07. The molecule has 2 fully saturated rings. The Morgan fingerprint density at radius 3 is 2.39 bits per heavy atom. The lowest BCUT2D eigenvalue weighted by Gasteiger charge is -2.29. The largest absolute Gasteiger partial charge is 0.469 e. The van der Waals surface area contributed by atoms with Gasteiger partial charge in [-0.2, -0.15) is 9.97 Å². The molecule has 3 aromatic heterocycles. The number of nitrogen functional groups attached to an aromatic ring is 2. The second-order valence-electron chi connectivity index (χ2n) is 11.8.